The number of aromatic hydroxyl groups is 3. The second-order valence-corrected chi connectivity index (χ2v) is 6.94. The molecule has 1 aromatic rings. The first-order valence-electron chi connectivity index (χ1n) is 6.38. The van der Waals surface area contributed by atoms with Crippen LogP contribution in [0.5, 0.6) is 17.2 Å². The number of phenols is 3. The highest BCUT2D eigenvalue weighted by Gasteiger charge is 2.33. The van der Waals surface area contributed by atoms with Crippen molar-refractivity contribution in [2.45, 2.75) is 46.5 Å². The van der Waals surface area contributed by atoms with Crippen molar-refractivity contribution in [3.05, 3.63) is 17.2 Å². The zero-order valence-corrected chi connectivity index (χ0v) is 12.5. The predicted octanol–water partition coefficient (Wildman–Crippen LogP) is 3.22. The molecule has 5 heteroatoms. The van der Waals surface area contributed by atoms with Crippen LogP contribution in [0.4, 0.5) is 0 Å². The number of phenolic OH excluding ortho intramolecular Hbond substituents is 2. The Kier molecular flexibility index (Phi) is 3.94. The second-order valence-electron chi connectivity index (χ2n) is 6.94. The van der Waals surface area contributed by atoms with Gasteiger partial charge in [-0.05, 0) is 23.3 Å². The van der Waals surface area contributed by atoms with E-state index >= 15 is 0 Å². The van der Waals surface area contributed by atoms with Crippen LogP contribution in [0, 0.1) is 5.41 Å². The van der Waals surface area contributed by atoms with Crippen molar-refractivity contribution in [3.63, 3.8) is 0 Å². The SMILES string of the molecule is CC(C)(C)CC(C)(C)c1cc(C(=O)O)c(O)c(O)c1O. The van der Waals surface area contributed by atoms with Crippen LogP contribution >= 0.6 is 0 Å². The van der Waals surface area contributed by atoms with Gasteiger partial charge in [0.2, 0.25) is 5.75 Å². The van der Waals surface area contributed by atoms with Gasteiger partial charge in [0.25, 0.3) is 0 Å². The van der Waals surface area contributed by atoms with Gasteiger partial charge < -0.3 is 20.4 Å². The molecule has 0 aromatic heterocycles. The van der Waals surface area contributed by atoms with Gasteiger partial charge in [-0.3, -0.25) is 0 Å². The lowest BCUT2D eigenvalue weighted by Crippen LogP contribution is -2.25. The molecule has 0 aliphatic carbocycles. The maximum atomic E-state index is 11.1. The third-order valence-corrected chi connectivity index (χ3v) is 3.18. The molecule has 4 N–H and O–H groups in total. The van der Waals surface area contributed by atoms with Crippen molar-refractivity contribution in [2.24, 2.45) is 5.41 Å². The molecule has 0 saturated heterocycles. The third kappa shape index (κ3) is 3.15. The lowest BCUT2D eigenvalue weighted by atomic mass is 9.71. The summed E-state index contributed by atoms with van der Waals surface area (Å²) in [4.78, 5) is 11.1. The van der Waals surface area contributed by atoms with Crippen molar-refractivity contribution in [1.29, 1.82) is 0 Å². The maximum Gasteiger partial charge on any atom is 0.339 e. The molecule has 0 aliphatic heterocycles. The fourth-order valence-electron chi connectivity index (χ4n) is 2.75. The molecular weight excluding hydrogens is 260 g/mol. The van der Waals surface area contributed by atoms with E-state index in [1.165, 1.54) is 6.07 Å². The van der Waals surface area contributed by atoms with Gasteiger partial charge in [0.1, 0.15) is 5.56 Å². The van der Waals surface area contributed by atoms with Crippen LogP contribution in [0.15, 0.2) is 6.07 Å². The highest BCUT2D eigenvalue weighted by Crippen LogP contribution is 2.47. The molecule has 1 aromatic carbocycles. The minimum Gasteiger partial charge on any atom is -0.504 e. The fraction of sp³-hybridized carbons (Fsp3) is 0.533. The molecule has 0 fully saturated rings. The van der Waals surface area contributed by atoms with Crippen molar-refractivity contribution < 1.29 is 25.2 Å². The Morgan fingerprint density at radius 3 is 1.90 bits per heavy atom. The molecule has 0 atom stereocenters. The molecule has 0 spiro atoms. The largest absolute Gasteiger partial charge is 0.504 e. The van der Waals surface area contributed by atoms with Gasteiger partial charge in [0.05, 0.1) is 0 Å². The van der Waals surface area contributed by atoms with E-state index in [9.17, 15) is 20.1 Å². The Morgan fingerprint density at radius 2 is 1.50 bits per heavy atom. The van der Waals surface area contributed by atoms with Crippen LogP contribution in [-0.2, 0) is 5.41 Å². The van der Waals surface area contributed by atoms with Crippen LogP contribution in [0.2, 0.25) is 0 Å². The van der Waals surface area contributed by atoms with Crippen LogP contribution in [0.3, 0.4) is 0 Å². The van der Waals surface area contributed by atoms with Crippen molar-refractivity contribution >= 4 is 5.97 Å². The Morgan fingerprint density at radius 1 is 1.00 bits per heavy atom. The van der Waals surface area contributed by atoms with Crippen LogP contribution in [0.1, 0.15) is 57.0 Å². The molecule has 5 nitrogen and oxygen atoms in total. The average molecular weight is 282 g/mol. The quantitative estimate of drug-likeness (QED) is 0.638. The first-order chi connectivity index (χ1) is 8.87. The second kappa shape index (κ2) is 4.89. The molecule has 1 rings (SSSR count). The molecule has 0 heterocycles. The molecule has 0 aliphatic rings. The predicted molar refractivity (Wildman–Crippen MR) is 75.5 cm³/mol. The van der Waals surface area contributed by atoms with Gasteiger partial charge >= 0.3 is 5.97 Å². The summed E-state index contributed by atoms with van der Waals surface area (Å²) in [7, 11) is 0. The zero-order chi connectivity index (χ0) is 15.9. The number of carbonyl (C=O) groups is 1. The molecule has 0 unspecified atom stereocenters. The van der Waals surface area contributed by atoms with Gasteiger partial charge in [0.15, 0.2) is 11.5 Å². The Labute approximate surface area is 118 Å². The van der Waals surface area contributed by atoms with E-state index in [2.05, 4.69) is 0 Å². The van der Waals surface area contributed by atoms with E-state index in [-0.39, 0.29) is 5.41 Å². The monoisotopic (exact) mass is 282 g/mol. The fourth-order valence-corrected chi connectivity index (χ4v) is 2.75. The van der Waals surface area contributed by atoms with Gasteiger partial charge in [-0.1, -0.05) is 34.6 Å². The summed E-state index contributed by atoms with van der Waals surface area (Å²) < 4.78 is 0. The lowest BCUT2D eigenvalue weighted by Gasteiger charge is -2.33. The normalized spacial score (nSPS) is 12.4. The van der Waals surface area contributed by atoms with Crippen LogP contribution < -0.4 is 0 Å². The lowest BCUT2D eigenvalue weighted by molar-refractivity contribution is 0.0692. The average Bonchev–Trinajstić information content (AvgIpc) is 2.21. The third-order valence-electron chi connectivity index (χ3n) is 3.18. The summed E-state index contributed by atoms with van der Waals surface area (Å²) >= 11 is 0. The molecule has 0 bridgehead atoms. The summed E-state index contributed by atoms with van der Waals surface area (Å²) in [5, 5.41) is 38.4. The molecular formula is C15H22O5. The van der Waals surface area contributed by atoms with E-state index in [1.54, 1.807) is 0 Å². The zero-order valence-electron chi connectivity index (χ0n) is 12.5. The summed E-state index contributed by atoms with van der Waals surface area (Å²) in [5.41, 5.74) is -0.720. The van der Waals surface area contributed by atoms with Crippen LogP contribution in [-0.4, -0.2) is 26.4 Å². The molecule has 0 saturated carbocycles. The molecule has 0 radical (unpaired) electrons. The number of carboxylic acids is 1. The highest BCUT2D eigenvalue weighted by molar-refractivity contribution is 5.93. The Bertz CT molecular complexity index is 538. The summed E-state index contributed by atoms with van der Waals surface area (Å²) in [6.45, 7) is 9.81. The van der Waals surface area contributed by atoms with E-state index in [0.29, 0.717) is 12.0 Å². The maximum absolute atomic E-state index is 11.1. The van der Waals surface area contributed by atoms with Gasteiger partial charge in [-0.15, -0.1) is 0 Å². The first kappa shape index (κ1) is 16.1. The number of hydrogen-bond donors (Lipinski definition) is 4. The number of aromatic carboxylic acids is 1. The first-order valence-corrected chi connectivity index (χ1v) is 6.38. The van der Waals surface area contributed by atoms with E-state index < -0.39 is 34.2 Å². The summed E-state index contributed by atoms with van der Waals surface area (Å²) in [6.07, 6.45) is 0.664. The van der Waals surface area contributed by atoms with E-state index in [4.69, 9.17) is 5.11 Å². The topological polar surface area (TPSA) is 98.0 Å². The van der Waals surface area contributed by atoms with Gasteiger partial charge in [-0.25, -0.2) is 4.79 Å². The molecule has 20 heavy (non-hydrogen) atoms. The van der Waals surface area contributed by atoms with Crippen LogP contribution in [0.25, 0.3) is 0 Å². The Hall–Kier alpha value is -1.91. The number of benzene rings is 1. The highest BCUT2D eigenvalue weighted by atomic mass is 16.4. The molecule has 112 valence electrons. The summed E-state index contributed by atoms with van der Waals surface area (Å²) in [5.74, 6) is -3.43. The van der Waals surface area contributed by atoms with Gasteiger partial charge in [-0.2, -0.15) is 0 Å². The number of carboxylic acid groups (broad SMARTS) is 1. The van der Waals surface area contributed by atoms with E-state index in [0.717, 1.165) is 0 Å². The van der Waals surface area contributed by atoms with Crippen molar-refractivity contribution in [2.75, 3.05) is 0 Å². The minimum absolute atomic E-state index is 0.0488. The van der Waals surface area contributed by atoms with E-state index in [1.807, 2.05) is 34.6 Å². The Balaban J connectivity index is 3.49. The molecule has 0 amide bonds. The summed E-state index contributed by atoms with van der Waals surface area (Å²) in [6, 6.07) is 1.22. The van der Waals surface area contributed by atoms with Gasteiger partial charge in [0, 0.05) is 5.56 Å². The number of hydrogen-bond acceptors (Lipinski definition) is 4. The smallest absolute Gasteiger partial charge is 0.339 e. The minimum atomic E-state index is -1.36. The van der Waals surface area contributed by atoms with Crippen molar-refractivity contribution in [3.8, 4) is 17.2 Å². The number of rotatable bonds is 3. The standard InChI is InChI=1S/C15H22O5/c1-14(2,3)7-15(4,5)9-6-8(13(19)20)10(16)12(18)11(9)17/h6,16-18H,7H2,1-5H3,(H,19,20). The van der Waals surface area contributed by atoms with Crippen molar-refractivity contribution in [1.82, 2.24) is 0 Å².